The summed E-state index contributed by atoms with van der Waals surface area (Å²) in [6.07, 6.45) is 0.222. The molecule has 0 aliphatic rings. The number of carbonyl (C=O) groups excluding carboxylic acids is 1. The molecule has 0 saturated carbocycles. The number of hydrogen-bond donors (Lipinski definition) is 1. The average molecular weight is 140 g/mol. The van der Waals surface area contributed by atoms with Crippen molar-refractivity contribution in [2.75, 3.05) is 0 Å². The second kappa shape index (κ2) is 8.14. The molecule has 0 unspecified atom stereocenters. The number of aliphatic carboxylic acids is 1. The van der Waals surface area contributed by atoms with E-state index in [9.17, 15) is 9.59 Å². The first kappa shape index (κ1) is 11.9. The molecule has 48 valence electrons. The maximum absolute atomic E-state index is 9.51. The fraction of sp³-hybridized carbons (Fsp3) is 0.600. The van der Waals surface area contributed by atoms with Crippen molar-refractivity contribution in [3.63, 3.8) is 0 Å². The third-order valence-corrected chi connectivity index (χ3v) is 0.302. The molecule has 0 saturated heterocycles. The van der Waals surface area contributed by atoms with Crippen molar-refractivity contribution >= 4 is 36.9 Å². The van der Waals surface area contributed by atoms with Crippen molar-refractivity contribution in [3.8, 4) is 0 Å². The van der Waals surface area contributed by atoms with Crippen LogP contribution < -0.4 is 0 Å². The summed E-state index contributed by atoms with van der Waals surface area (Å²) in [5.74, 6) is -0.745. The Hall–Kier alpha value is 0.140. The van der Waals surface area contributed by atoms with Gasteiger partial charge in [0.25, 0.3) is 0 Å². The van der Waals surface area contributed by atoms with Crippen LogP contribution in [0.4, 0.5) is 0 Å². The van der Waals surface area contributed by atoms with E-state index < -0.39 is 5.97 Å². The van der Waals surface area contributed by atoms with Crippen molar-refractivity contribution in [1.29, 1.82) is 0 Å². The predicted octanol–water partition coefficient (Wildman–Crippen LogP) is 0.182. The van der Waals surface area contributed by atoms with Crippen LogP contribution in [0.2, 0.25) is 0 Å². The molecular formula is C5H9NaO3. The maximum atomic E-state index is 9.51. The molecule has 0 aromatic carbocycles. The molecule has 0 spiro atoms. The molecule has 0 aromatic rings. The molecule has 0 aliphatic carbocycles. The molecule has 9 heavy (non-hydrogen) atoms. The van der Waals surface area contributed by atoms with Crippen LogP contribution in [0.3, 0.4) is 0 Å². The zero-order valence-electron chi connectivity index (χ0n) is 5.97. The second-order valence-corrected chi connectivity index (χ2v) is 3.06. The van der Waals surface area contributed by atoms with E-state index >= 15 is 0 Å². The van der Waals surface area contributed by atoms with Gasteiger partial charge in [-0.15, -0.1) is 0 Å². The number of rotatable bonds is 1. The van der Waals surface area contributed by atoms with Gasteiger partial charge in [-0.05, 0) is 0 Å². The Labute approximate surface area is 71.9 Å². The van der Waals surface area contributed by atoms with Gasteiger partial charge in [-0.25, -0.2) is 0 Å². The van der Waals surface area contributed by atoms with Gasteiger partial charge in [0, 0.05) is 6.42 Å². The SMILES string of the molecule is CCC(=O)O.C[C](=O)[Na]. The Morgan fingerprint density at radius 2 is 1.67 bits per heavy atom. The Morgan fingerprint density at radius 1 is 1.56 bits per heavy atom. The molecule has 1 N–H and O–H groups in total. The van der Waals surface area contributed by atoms with Crippen LogP contribution in [-0.2, 0) is 9.59 Å². The minimum absolute atomic E-state index is 0.222. The molecule has 0 aliphatic heterocycles. The van der Waals surface area contributed by atoms with Gasteiger partial charge in [-0.2, -0.15) is 0 Å². The van der Waals surface area contributed by atoms with Gasteiger partial charge in [-0.1, -0.05) is 6.92 Å². The van der Waals surface area contributed by atoms with E-state index in [1.165, 1.54) is 0 Å². The number of carbonyl (C=O) groups is 2. The molecule has 0 atom stereocenters. The summed E-state index contributed by atoms with van der Waals surface area (Å²) >= 11 is 0.710. The Bertz CT molecular complexity index is 96.4. The summed E-state index contributed by atoms with van der Waals surface area (Å²) < 4.78 is 0.306. The van der Waals surface area contributed by atoms with Crippen LogP contribution >= 0.6 is 0 Å². The van der Waals surface area contributed by atoms with E-state index in [2.05, 4.69) is 0 Å². The molecule has 0 amide bonds. The molecule has 0 fully saturated rings. The van der Waals surface area contributed by atoms with Crippen molar-refractivity contribution in [1.82, 2.24) is 0 Å². The normalized spacial score (nSPS) is 7.11. The second-order valence-electron chi connectivity index (χ2n) is 1.66. The average Bonchev–Trinajstić information content (AvgIpc) is 1.65. The van der Waals surface area contributed by atoms with Gasteiger partial charge >= 0.3 is 48.7 Å². The Kier molecular flexibility index (Phi) is 10.7. The van der Waals surface area contributed by atoms with Crippen LogP contribution in [0.1, 0.15) is 20.3 Å². The van der Waals surface area contributed by atoms with Crippen LogP contribution in [0.15, 0.2) is 0 Å². The third kappa shape index (κ3) is 67.0. The van der Waals surface area contributed by atoms with E-state index in [-0.39, 0.29) is 6.42 Å². The Morgan fingerprint density at radius 3 is 1.67 bits per heavy atom. The fourth-order valence-corrected chi connectivity index (χ4v) is 0. The van der Waals surface area contributed by atoms with E-state index in [0.29, 0.717) is 31.0 Å². The van der Waals surface area contributed by atoms with Gasteiger partial charge in [0.15, 0.2) is 0 Å². The quantitative estimate of drug-likeness (QED) is 0.528. The summed E-state index contributed by atoms with van der Waals surface area (Å²) in [5.41, 5.74) is 0. The van der Waals surface area contributed by atoms with Gasteiger partial charge in [-0.3, -0.25) is 4.79 Å². The van der Waals surface area contributed by atoms with E-state index in [4.69, 9.17) is 5.11 Å². The summed E-state index contributed by atoms with van der Waals surface area (Å²) in [5, 5.41) is 7.72. The summed E-state index contributed by atoms with van der Waals surface area (Å²) in [4.78, 5) is 18.9. The van der Waals surface area contributed by atoms with Crippen LogP contribution in [0, 0.1) is 0 Å². The van der Waals surface area contributed by atoms with E-state index in [1.807, 2.05) is 0 Å². The van der Waals surface area contributed by atoms with Crippen LogP contribution in [0.5, 0.6) is 0 Å². The van der Waals surface area contributed by atoms with Crippen molar-refractivity contribution in [2.45, 2.75) is 20.3 Å². The zero-order valence-corrected chi connectivity index (χ0v) is 7.97. The fourth-order valence-electron chi connectivity index (χ4n) is 0. The Balaban J connectivity index is 0. The molecule has 0 aromatic heterocycles. The monoisotopic (exact) mass is 140 g/mol. The first-order valence-corrected chi connectivity index (χ1v) is 3.69. The molecule has 0 heterocycles. The third-order valence-electron chi connectivity index (χ3n) is 0.302. The summed E-state index contributed by atoms with van der Waals surface area (Å²) in [6.45, 7) is 3.19. The predicted molar refractivity (Wildman–Crippen MR) is 34.4 cm³/mol. The first-order valence-electron chi connectivity index (χ1n) is 2.69. The van der Waals surface area contributed by atoms with Crippen molar-refractivity contribution < 1.29 is 14.7 Å². The van der Waals surface area contributed by atoms with Gasteiger partial charge in [0.05, 0.1) is 0 Å². The molecule has 0 radical (unpaired) electrons. The molecule has 4 heteroatoms. The zero-order chi connectivity index (χ0) is 7.86. The van der Waals surface area contributed by atoms with Crippen LogP contribution in [0.25, 0.3) is 0 Å². The van der Waals surface area contributed by atoms with Crippen LogP contribution in [-0.4, -0.2) is 42.0 Å². The molecular weight excluding hydrogens is 131 g/mol. The molecule has 0 bridgehead atoms. The van der Waals surface area contributed by atoms with Gasteiger partial charge in [0.1, 0.15) is 0 Å². The topological polar surface area (TPSA) is 54.4 Å². The van der Waals surface area contributed by atoms with Gasteiger partial charge < -0.3 is 5.11 Å². The minimum atomic E-state index is -0.745. The first-order chi connectivity index (χ1) is 4.00. The summed E-state index contributed by atoms with van der Waals surface area (Å²) in [6, 6.07) is 0. The van der Waals surface area contributed by atoms with Crippen molar-refractivity contribution in [2.24, 2.45) is 0 Å². The number of hydrogen-bond acceptors (Lipinski definition) is 2. The van der Waals surface area contributed by atoms with Crippen molar-refractivity contribution in [3.05, 3.63) is 0 Å². The van der Waals surface area contributed by atoms with E-state index in [1.54, 1.807) is 13.8 Å². The standard InChI is InChI=1S/C3H6O2.C2H3O.Na/c1-2-3(4)5;1-2-3;/h2H2,1H3,(H,4,5);1H3;. The number of carboxylic acid groups (broad SMARTS) is 1. The van der Waals surface area contributed by atoms with Gasteiger partial charge in [0.2, 0.25) is 0 Å². The molecule has 3 nitrogen and oxygen atoms in total. The molecule has 0 rings (SSSR count). The summed E-state index contributed by atoms with van der Waals surface area (Å²) in [7, 11) is 0. The number of carboxylic acids is 1. The van der Waals surface area contributed by atoms with E-state index in [0.717, 1.165) is 0 Å².